The van der Waals surface area contributed by atoms with Gasteiger partial charge in [-0.05, 0) is 97.1 Å². The maximum atomic E-state index is 5.56. The number of nitrogens with zero attached hydrogens (tertiary/aromatic N) is 2. The predicted molar refractivity (Wildman–Crippen MR) is 247 cm³/mol. The molecular weight excluding hydrogens is 747 g/mol. The summed E-state index contributed by atoms with van der Waals surface area (Å²) in [4.78, 5) is 12.8. The highest BCUT2D eigenvalue weighted by atomic mass is 32.2. The molecule has 4 heteroatoms. The Kier molecular flexibility index (Phi) is 8.07. The Balaban J connectivity index is 1.13. The minimum atomic E-state index is -0.532. The number of fused-ring (bicyclic) bond motifs is 10. The van der Waals surface area contributed by atoms with Gasteiger partial charge in [-0.25, -0.2) is 0 Å². The molecule has 1 N–H and O–H groups in total. The lowest BCUT2D eigenvalue weighted by Crippen LogP contribution is -2.32. The number of amidine groups is 1. The van der Waals surface area contributed by atoms with Gasteiger partial charge in [-0.15, -0.1) is 0 Å². The van der Waals surface area contributed by atoms with Gasteiger partial charge >= 0.3 is 0 Å². The average molecular weight is 784 g/mol. The van der Waals surface area contributed by atoms with E-state index in [-0.39, 0.29) is 6.04 Å². The smallest absolute Gasteiger partial charge is 0.133 e. The van der Waals surface area contributed by atoms with Gasteiger partial charge in [-0.1, -0.05) is 188 Å². The van der Waals surface area contributed by atoms with Gasteiger partial charge in [0.2, 0.25) is 0 Å². The molecule has 8 aromatic carbocycles. The SMILES string of the molecule is C1=C(c2ccccc2)NC(c2ccccc2)=NC1c1cccc2c1-c1c(-c3ccc(-c4ccnc5ccccc45)cc3)cccc1C21c2ccccc2Sc2ccccc21. The van der Waals surface area contributed by atoms with Gasteiger partial charge in [0, 0.05) is 32.6 Å². The molecule has 9 aromatic rings. The highest BCUT2D eigenvalue weighted by molar-refractivity contribution is 7.99. The molecule has 1 aromatic heterocycles. The third kappa shape index (κ3) is 5.31. The van der Waals surface area contributed by atoms with Gasteiger partial charge in [0.15, 0.2) is 0 Å². The highest BCUT2D eigenvalue weighted by Crippen LogP contribution is 2.64. The van der Waals surface area contributed by atoms with E-state index in [1.54, 1.807) is 0 Å². The summed E-state index contributed by atoms with van der Waals surface area (Å²) >= 11 is 1.88. The van der Waals surface area contributed by atoms with Crippen LogP contribution in [-0.4, -0.2) is 10.8 Å². The Hall–Kier alpha value is -7.27. The first-order valence-electron chi connectivity index (χ1n) is 20.5. The van der Waals surface area contributed by atoms with Gasteiger partial charge < -0.3 is 5.32 Å². The van der Waals surface area contributed by atoms with E-state index in [2.05, 4.69) is 217 Å². The molecule has 1 aliphatic carbocycles. The van der Waals surface area contributed by atoms with Gasteiger partial charge in [-0.2, -0.15) is 0 Å². The highest BCUT2D eigenvalue weighted by Gasteiger charge is 2.51. The molecular formula is C56H37N3S. The lowest BCUT2D eigenvalue weighted by atomic mass is 9.67. The van der Waals surface area contributed by atoms with Crippen LogP contribution in [0.25, 0.3) is 50.0 Å². The number of benzene rings is 8. The topological polar surface area (TPSA) is 37.3 Å². The van der Waals surface area contributed by atoms with Crippen molar-refractivity contribution >= 4 is 34.2 Å². The Morgan fingerprint density at radius 2 is 1.03 bits per heavy atom. The normalized spacial score (nSPS) is 15.6. The second-order valence-electron chi connectivity index (χ2n) is 15.7. The van der Waals surface area contributed by atoms with Crippen molar-refractivity contribution in [3.8, 4) is 33.4 Å². The molecule has 1 unspecified atom stereocenters. The molecule has 1 spiro atoms. The van der Waals surface area contributed by atoms with Gasteiger partial charge in [0.05, 0.1) is 17.0 Å². The summed E-state index contributed by atoms with van der Waals surface area (Å²) in [5.74, 6) is 0.866. The van der Waals surface area contributed by atoms with E-state index in [1.807, 2.05) is 18.0 Å². The van der Waals surface area contributed by atoms with E-state index in [0.29, 0.717) is 0 Å². The van der Waals surface area contributed by atoms with Gasteiger partial charge in [-0.3, -0.25) is 9.98 Å². The number of nitrogens with one attached hydrogen (secondary N) is 1. The molecule has 3 heterocycles. The molecule has 0 fully saturated rings. The summed E-state index contributed by atoms with van der Waals surface area (Å²) < 4.78 is 0. The monoisotopic (exact) mass is 783 g/mol. The van der Waals surface area contributed by atoms with Gasteiger partial charge in [0.1, 0.15) is 5.84 Å². The van der Waals surface area contributed by atoms with E-state index < -0.39 is 5.41 Å². The first kappa shape index (κ1) is 34.7. The van der Waals surface area contributed by atoms with Crippen molar-refractivity contribution in [3.63, 3.8) is 0 Å². The summed E-state index contributed by atoms with van der Waals surface area (Å²) in [7, 11) is 0. The largest absolute Gasteiger partial charge is 0.340 e. The van der Waals surface area contributed by atoms with E-state index in [9.17, 15) is 0 Å². The maximum Gasteiger partial charge on any atom is 0.133 e. The molecule has 0 radical (unpaired) electrons. The number of hydrogen-bond acceptors (Lipinski definition) is 4. The molecule has 0 amide bonds. The minimum absolute atomic E-state index is 0.256. The number of rotatable bonds is 5. The molecule has 282 valence electrons. The lowest BCUT2D eigenvalue weighted by Gasteiger charge is -2.39. The maximum absolute atomic E-state index is 5.56. The Morgan fingerprint density at radius 3 is 1.77 bits per heavy atom. The van der Waals surface area contributed by atoms with Crippen molar-refractivity contribution < 1.29 is 0 Å². The molecule has 0 saturated carbocycles. The first-order valence-corrected chi connectivity index (χ1v) is 21.3. The van der Waals surface area contributed by atoms with Crippen LogP contribution in [0.15, 0.2) is 227 Å². The zero-order valence-corrected chi connectivity index (χ0v) is 33.4. The molecule has 1 atom stereocenters. The Bertz CT molecular complexity index is 3100. The van der Waals surface area contributed by atoms with E-state index in [4.69, 9.17) is 4.99 Å². The summed E-state index contributed by atoms with van der Waals surface area (Å²) in [6, 6.07) is 72.5. The van der Waals surface area contributed by atoms with E-state index in [1.165, 1.54) is 71.0 Å². The van der Waals surface area contributed by atoms with Crippen LogP contribution < -0.4 is 5.32 Å². The summed E-state index contributed by atoms with van der Waals surface area (Å²) in [6.07, 6.45) is 4.23. The molecule has 12 rings (SSSR count). The van der Waals surface area contributed by atoms with Crippen LogP contribution in [-0.2, 0) is 5.41 Å². The average Bonchev–Trinajstić information content (AvgIpc) is 3.63. The van der Waals surface area contributed by atoms with Crippen LogP contribution in [0, 0.1) is 0 Å². The molecule has 60 heavy (non-hydrogen) atoms. The van der Waals surface area contributed by atoms with Crippen LogP contribution in [0.4, 0.5) is 0 Å². The molecule has 0 saturated heterocycles. The third-order valence-electron chi connectivity index (χ3n) is 12.5. The second kappa shape index (κ2) is 13.9. The summed E-state index contributed by atoms with van der Waals surface area (Å²) in [5, 5.41) is 4.88. The fourth-order valence-electron chi connectivity index (χ4n) is 9.90. The van der Waals surface area contributed by atoms with E-state index >= 15 is 0 Å². The number of pyridine rings is 1. The van der Waals surface area contributed by atoms with Crippen LogP contribution in [0.2, 0.25) is 0 Å². The fraction of sp³-hybridized carbons (Fsp3) is 0.0357. The fourth-order valence-corrected chi connectivity index (χ4v) is 11.1. The molecule has 3 aliphatic rings. The van der Waals surface area contributed by atoms with Crippen LogP contribution in [0.5, 0.6) is 0 Å². The molecule has 0 bridgehead atoms. The van der Waals surface area contributed by atoms with Crippen molar-refractivity contribution in [2.24, 2.45) is 4.99 Å². The summed E-state index contributed by atoms with van der Waals surface area (Å²) in [5.41, 5.74) is 17.4. The number of hydrogen-bond donors (Lipinski definition) is 1. The summed E-state index contributed by atoms with van der Waals surface area (Å²) in [6.45, 7) is 0. The van der Waals surface area contributed by atoms with Crippen molar-refractivity contribution in [2.45, 2.75) is 21.2 Å². The number of aliphatic imine (C=N–C) groups is 1. The zero-order valence-electron chi connectivity index (χ0n) is 32.6. The van der Waals surface area contributed by atoms with E-state index in [0.717, 1.165) is 33.6 Å². The van der Waals surface area contributed by atoms with Crippen LogP contribution in [0.3, 0.4) is 0 Å². The van der Waals surface area contributed by atoms with Crippen molar-refractivity contribution in [2.75, 3.05) is 0 Å². The van der Waals surface area contributed by atoms with Crippen LogP contribution in [0.1, 0.15) is 45.0 Å². The quantitative estimate of drug-likeness (QED) is 0.189. The van der Waals surface area contributed by atoms with Crippen molar-refractivity contribution in [1.29, 1.82) is 0 Å². The lowest BCUT2D eigenvalue weighted by molar-refractivity contribution is 0.721. The standard InChI is InChI=1S/C56H37N3S/c1-3-15-38(16-4-1)49-35-50(59-55(58-49)39-17-5-2-6-18-39)43-21-14-25-47-54(43)53-41(37-31-29-36(30-32-37)40-33-34-57-48-26-10-7-19-42(40)48)20-13-24-46(53)56(47)44-22-8-11-27-51(44)60-52-28-12-9-23-45(52)56/h1-35,50H,(H,58,59). The number of aromatic nitrogens is 1. The second-order valence-corrected chi connectivity index (χ2v) is 16.7. The van der Waals surface area contributed by atoms with Gasteiger partial charge in [0.25, 0.3) is 0 Å². The Labute approximate surface area is 353 Å². The minimum Gasteiger partial charge on any atom is -0.340 e. The van der Waals surface area contributed by atoms with Crippen molar-refractivity contribution in [1.82, 2.24) is 10.3 Å². The zero-order chi connectivity index (χ0) is 39.6. The van der Waals surface area contributed by atoms with Crippen molar-refractivity contribution in [3.05, 3.63) is 251 Å². The molecule has 3 nitrogen and oxygen atoms in total. The molecule has 2 aliphatic heterocycles. The predicted octanol–water partition coefficient (Wildman–Crippen LogP) is 13.5. The third-order valence-corrected chi connectivity index (χ3v) is 13.6. The van der Waals surface area contributed by atoms with Crippen LogP contribution >= 0.6 is 11.8 Å². The number of para-hydroxylation sites is 1. The Morgan fingerprint density at radius 1 is 0.450 bits per heavy atom. The first-order chi connectivity index (χ1) is 29.8.